The van der Waals surface area contributed by atoms with Gasteiger partial charge in [0.05, 0.1) is 5.69 Å². The van der Waals surface area contributed by atoms with Crippen molar-refractivity contribution in [2.24, 2.45) is 0 Å². The van der Waals surface area contributed by atoms with Crippen LogP contribution >= 0.6 is 0 Å². The van der Waals surface area contributed by atoms with Crippen LogP contribution in [-0.2, 0) is 13.0 Å². The molecule has 1 aliphatic heterocycles. The molecule has 1 aliphatic rings. The lowest BCUT2D eigenvalue weighted by Gasteiger charge is -2.18. The summed E-state index contributed by atoms with van der Waals surface area (Å²) in [4.78, 5) is 4.87. The maximum atomic E-state index is 14.2. The average Bonchev–Trinajstić information content (AvgIpc) is 2.62. The maximum Gasteiger partial charge on any atom is 0.131 e. The topological polar surface area (TPSA) is 24.9 Å². The highest BCUT2D eigenvalue weighted by Gasteiger charge is 2.14. The average molecular weight is 318 g/mol. The summed E-state index contributed by atoms with van der Waals surface area (Å²) in [6.07, 6.45) is 0.954. The summed E-state index contributed by atoms with van der Waals surface area (Å²) < 4.78 is 14.2. The summed E-state index contributed by atoms with van der Waals surface area (Å²) in [6, 6.07) is 17.2. The van der Waals surface area contributed by atoms with E-state index < -0.39 is 0 Å². The lowest BCUT2D eigenvalue weighted by atomic mass is 9.94. The van der Waals surface area contributed by atoms with E-state index in [2.05, 4.69) is 23.5 Å². The molecule has 1 aromatic heterocycles. The molecule has 2 heterocycles. The van der Waals surface area contributed by atoms with Gasteiger partial charge in [0.15, 0.2) is 0 Å². The van der Waals surface area contributed by atoms with E-state index in [9.17, 15) is 4.39 Å². The molecule has 0 unspecified atom stereocenters. The van der Waals surface area contributed by atoms with E-state index in [1.807, 2.05) is 31.2 Å². The molecule has 0 bridgehead atoms. The molecule has 0 radical (unpaired) electrons. The minimum Gasteiger partial charge on any atom is -0.312 e. The third-order valence-electron chi connectivity index (χ3n) is 4.70. The molecule has 2 aromatic carbocycles. The Kier molecular flexibility index (Phi) is 3.87. The molecule has 2 nitrogen and oxygen atoms in total. The van der Waals surface area contributed by atoms with Crippen LogP contribution in [0.5, 0.6) is 0 Å². The first kappa shape index (κ1) is 15.0. The fourth-order valence-electron chi connectivity index (χ4n) is 3.37. The number of pyridine rings is 1. The number of hydrogen-bond acceptors (Lipinski definition) is 2. The first-order chi connectivity index (χ1) is 11.7. The molecule has 0 saturated carbocycles. The second-order valence-corrected chi connectivity index (χ2v) is 6.19. The summed E-state index contributed by atoms with van der Waals surface area (Å²) in [7, 11) is 0. The van der Waals surface area contributed by atoms with Crippen LogP contribution in [0.2, 0.25) is 0 Å². The van der Waals surface area contributed by atoms with E-state index in [0.29, 0.717) is 5.56 Å². The van der Waals surface area contributed by atoms with Crippen molar-refractivity contribution in [1.29, 1.82) is 0 Å². The summed E-state index contributed by atoms with van der Waals surface area (Å²) in [5.41, 5.74) is 7.09. The van der Waals surface area contributed by atoms with E-state index in [1.54, 1.807) is 6.07 Å². The van der Waals surface area contributed by atoms with Crippen molar-refractivity contribution < 1.29 is 4.39 Å². The van der Waals surface area contributed by atoms with Crippen LogP contribution in [0, 0.1) is 12.7 Å². The predicted molar refractivity (Wildman–Crippen MR) is 95.2 cm³/mol. The molecule has 24 heavy (non-hydrogen) atoms. The zero-order valence-corrected chi connectivity index (χ0v) is 13.6. The van der Waals surface area contributed by atoms with Crippen LogP contribution in [0.3, 0.4) is 0 Å². The van der Waals surface area contributed by atoms with Crippen LogP contribution in [0.4, 0.5) is 4.39 Å². The molecule has 120 valence electrons. The minimum absolute atomic E-state index is 0.192. The van der Waals surface area contributed by atoms with Crippen LogP contribution in [-0.4, -0.2) is 11.5 Å². The highest BCUT2D eigenvalue weighted by molar-refractivity contribution is 5.77. The number of fused-ring (bicyclic) bond motifs is 1. The minimum atomic E-state index is -0.192. The third-order valence-corrected chi connectivity index (χ3v) is 4.70. The van der Waals surface area contributed by atoms with Gasteiger partial charge in [-0.2, -0.15) is 0 Å². The van der Waals surface area contributed by atoms with Crippen molar-refractivity contribution in [3.8, 4) is 22.4 Å². The highest BCUT2D eigenvalue weighted by Crippen LogP contribution is 2.32. The van der Waals surface area contributed by atoms with Crippen LogP contribution in [0.1, 0.15) is 16.8 Å². The van der Waals surface area contributed by atoms with Crippen molar-refractivity contribution in [1.82, 2.24) is 10.3 Å². The third kappa shape index (κ3) is 2.61. The quantitative estimate of drug-likeness (QED) is 0.752. The molecule has 0 aliphatic carbocycles. The van der Waals surface area contributed by atoms with Gasteiger partial charge >= 0.3 is 0 Å². The summed E-state index contributed by atoms with van der Waals surface area (Å²) in [5.74, 6) is -0.192. The molecular weight excluding hydrogens is 299 g/mol. The van der Waals surface area contributed by atoms with Gasteiger partial charge in [0.25, 0.3) is 0 Å². The van der Waals surface area contributed by atoms with Gasteiger partial charge < -0.3 is 5.32 Å². The first-order valence-electron chi connectivity index (χ1n) is 8.28. The Labute approximate surface area is 141 Å². The van der Waals surface area contributed by atoms with Gasteiger partial charge in [-0.05, 0) is 35.7 Å². The van der Waals surface area contributed by atoms with Crippen molar-refractivity contribution in [3.63, 3.8) is 0 Å². The molecule has 1 N–H and O–H groups in total. The number of hydrogen-bond donors (Lipinski definition) is 1. The number of nitrogens with zero attached hydrogens (tertiary/aromatic N) is 1. The number of benzene rings is 2. The standard InChI is InChI=1S/C21H19FN2/c1-14-16(18-5-2-3-8-19(18)22)6-4-7-17(14)21-10-9-15-13-23-12-11-20(15)24-21/h2-10,23H,11-13H2,1H3. The van der Waals surface area contributed by atoms with E-state index in [0.717, 1.165) is 41.9 Å². The Morgan fingerprint density at radius 3 is 2.58 bits per heavy atom. The van der Waals surface area contributed by atoms with E-state index >= 15 is 0 Å². The van der Waals surface area contributed by atoms with Gasteiger partial charge in [0, 0.05) is 36.3 Å². The number of nitrogens with one attached hydrogen (secondary N) is 1. The van der Waals surface area contributed by atoms with Crippen molar-refractivity contribution in [3.05, 3.63) is 77.2 Å². The van der Waals surface area contributed by atoms with Gasteiger partial charge in [-0.3, -0.25) is 4.98 Å². The van der Waals surface area contributed by atoms with Gasteiger partial charge in [-0.15, -0.1) is 0 Å². The Balaban J connectivity index is 1.83. The molecule has 3 heteroatoms. The van der Waals surface area contributed by atoms with Crippen molar-refractivity contribution in [2.45, 2.75) is 19.9 Å². The summed E-state index contributed by atoms with van der Waals surface area (Å²) in [5, 5.41) is 3.37. The molecule has 0 amide bonds. The van der Waals surface area contributed by atoms with Crippen LogP contribution in [0.25, 0.3) is 22.4 Å². The molecule has 0 saturated heterocycles. The predicted octanol–water partition coefficient (Wildman–Crippen LogP) is 4.51. The largest absolute Gasteiger partial charge is 0.312 e. The lowest BCUT2D eigenvalue weighted by Crippen LogP contribution is -2.24. The van der Waals surface area contributed by atoms with Gasteiger partial charge in [-0.25, -0.2) is 4.39 Å². The zero-order chi connectivity index (χ0) is 16.5. The van der Waals surface area contributed by atoms with Gasteiger partial charge in [-0.1, -0.05) is 42.5 Å². The fraction of sp³-hybridized carbons (Fsp3) is 0.190. The Morgan fingerprint density at radius 1 is 0.917 bits per heavy atom. The maximum absolute atomic E-state index is 14.2. The lowest BCUT2D eigenvalue weighted by molar-refractivity contribution is 0.630. The second kappa shape index (κ2) is 6.17. The van der Waals surface area contributed by atoms with Crippen LogP contribution in [0.15, 0.2) is 54.6 Å². The second-order valence-electron chi connectivity index (χ2n) is 6.19. The van der Waals surface area contributed by atoms with Crippen molar-refractivity contribution >= 4 is 0 Å². The number of rotatable bonds is 2. The molecule has 0 atom stereocenters. The fourth-order valence-corrected chi connectivity index (χ4v) is 3.37. The van der Waals surface area contributed by atoms with Crippen LogP contribution < -0.4 is 5.32 Å². The molecule has 4 rings (SSSR count). The summed E-state index contributed by atoms with van der Waals surface area (Å²) in [6.45, 7) is 3.90. The monoisotopic (exact) mass is 318 g/mol. The Bertz CT molecular complexity index is 902. The van der Waals surface area contributed by atoms with Crippen molar-refractivity contribution in [2.75, 3.05) is 6.54 Å². The molecule has 0 fully saturated rings. The Morgan fingerprint density at radius 2 is 1.71 bits per heavy atom. The molecule has 0 spiro atoms. The Hall–Kier alpha value is -2.52. The highest BCUT2D eigenvalue weighted by atomic mass is 19.1. The molecule has 3 aromatic rings. The van der Waals surface area contributed by atoms with E-state index in [-0.39, 0.29) is 5.82 Å². The number of halogens is 1. The van der Waals surface area contributed by atoms with Gasteiger partial charge in [0.1, 0.15) is 5.82 Å². The number of aromatic nitrogens is 1. The molecular formula is C21H19FN2. The SMILES string of the molecule is Cc1c(-c2ccc3c(n2)CCNC3)cccc1-c1ccccc1F. The van der Waals surface area contributed by atoms with E-state index in [1.165, 1.54) is 17.3 Å². The van der Waals surface area contributed by atoms with Gasteiger partial charge in [0.2, 0.25) is 0 Å². The zero-order valence-electron chi connectivity index (χ0n) is 13.6. The normalized spacial score (nSPS) is 13.6. The summed E-state index contributed by atoms with van der Waals surface area (Å²) >= 11 is 0. The smallest absolute Gasteiger partial charge is 0.131 e. The first-order valence-corrected chi connectivity index (χ1v) is 8.28. The van der Waals surface area contributed by atoms with E-state index in [4.69, 9.17) is 4.98 Å².